The predicted octanol–water partition coefficient (Wildman–Crippen LogP) is 3.81. The SMILES string of the molecule is Fc1ccccc1-c1noc2c1CN(Cc1ccc3c(c1)OCCO3)CC2. The Bertz CT molecular complexity index is 985. The van der Waals surface area contributed by atoms with E-state index < -0.39 is 0 Å². The molecule has 0 saturated carbocycles. The Morgan fingerprint density at radius 2 is 1.89 bits per heavy atom. The van der Waals surface area contributed by atoms with E-state index in [1.54, 1.807) is 12.1 Å². The van der Waals surface area contributed by atoms with Gasteiger partial charge in [0.1, 0.15) is 30.5 Å². The Labute approximate surface area is 156 Å². The van der Waals surface area contributed by atoms with Gasteiger partial charge in [-0.05, 0) is 29.8 Å². The Balaban J connectivity index is 1.38. The van der Waals surface area contributed by atoms with Crippen LogP contribution in [-0.4, -0.2) is 29.8 Å². The number of aromatic nitrogens is 1. The molecule has 2 aliphatic rings. The van der Waals surface area contributed by atoms with Crippen molar-refractivity contribution in [2.75, 3.05) is 19.8 Å². The number of rotatable bonds is 3. The highest BCUT2D eigenvalue weighted by Crippen LogP contribution is 2.34. The summed E-state index contributed by atoms with van der Waals surface area (Å²) >= 11 is 0. The molecule has 0 amide bonds. The van der Waals surface area contributed by atoms with Gasteiger partial charge in [0.25, 0.3) is 0 Å². The summed E-state index contributed by atoms with van der Waals surface area (Å²) in [7, 11) is 0. The minimum absolute atomic E-state index is 0.280. The standard InChI is InChI=1S/C21H19FN2O3/c22-17-4-2-1-3-15(17)21-16-13-24(8-7-18(16)27-23-21)12-14-5-6-19-20(11-14)26-10-9-25-19/h1-6,11H,7-10,12-13H2. The van der Waals surface area contributed by atoms with E-state index >= 15 is 0 Å². The van der Waals surface area contributed by atoms with E-state index in [0.29, 0.717) is 31.0 Å². The summed E-state index contributed by atoms with van der Waals surface area (Å²) < 4.78 is 31.0. The molecule has 3 heterocycles. The molecule has 0 radical (unpaired) electrons. The third kappa shape index (κ3) is 3.06. The van der Waals surface area contributed by atoms with Crippen molar-refractivity contribution in [3.63, 3.8) is 0 Å². The number of ether oxygens (including phenoxy) is 2. The van der Waals surface area contributed by atoms with Crippen molar-refractivity contribution in [3.05, 3.63) is 65.2 Å². The molecule has 5 rings (SSSR count). The molecule has 3 aromatic rings. The normalized spacial score (nSPS) is 16.2. The minimum Gasteiger partial charge on any atom is -0.486 e. The van der Waals surface area contributed by atoms with E-state index in [1.165, 1.54) is 6.07 Å². The zero-order valence-electron chi connectivity index (χ0n) is 14.8. The van der Waals surface area contributed by atoms with E-state index in [1.807, 2.05) is 18.2 Å². The Hall–Kier alpha value is -2.86. The summed E-state index contributed by atoms with van der Waals surface area (Å²) in [6.45, 7) is 3.49. The smallest absolute Gasteiger partial charge is 0.161 e. The molecule has 0 saturated heterocycles. The zero-order chi connectivity index (χ0) is 18.2. The van der Waals surface area contributed by atoms with Gasteiger partial charge in [-0.15, -0.1) is 0 Å². The Morgan fingerprint density at radius 3 is 2.78 bits per heavy atom. The van der Waals surface area contributed by atoms with Crippen molar-refractivity contribution in [2.45, 2.75) is 19.5 Å². The molecule has 0 bridgehead atoms. The average Bonchev–Trinajstić information content (AvgIpc) is 3.11. The minimum atomic E-state index is -0.280. The molecular weight excluding hydrogens is 347 g/mol. The molecule has 2 aliphatic heterocycles. The number of benzene rings is 2. The van der Waals surface area contributed by atoms with Crippen molar-refractivity contribution in [1.82, 2.24) is 10.1 Å². The largest absolute Gasteiger partial charge is 0.486 e. The van der Waals surface area contributed by atoms with Gasteiger partial charge in [-0.2, -0.15) is 0 Å². The van der Waals surface area contributed by atoms with Crippen LogP contribution < -0.4 is 9.47 Å². The molecule has 0 fully saturated rings. The van der Waals surface area contributed by atoms with E-state index in [0.717, 1.165) is 47.9 Å². The fourth-order valence-corrected chi connectivity index (χ4v) is 3.71. The highest BCUT2D eigenvalue weighted by molar-refractivity contribution is 5.64. The third-order valence-electron chi connectivity index (χ3n) is 5.05. The summed E-state index contributed by atoms with van der Waals surface area (Å²) in [5.74, 6) is 2.17. The molecule has 0 spiro atoms. The first-order valence-electron chi connectivity index (χ1n) is 9.11. The van der Waals surface area contributed by atoms with Gasteiger partial charge in [-0.1, -0.05) is 23.4 Å². The third-order valence-corrected chi connectivity index (χ3v) is 5.05. The van der Waals surface area contributed by atoms with Gasteiger partial charge in [0.15, 0.2) is 11.5 Å². The predicted molar refractivity (Wildman–Crippen MR) is 97.1 cm³/mol. The summed E-state index contributed by atoms with van der Waals surface area (Å²) in [5, 5.41) is 4.15. The second kappa shape index (κ2) is 6.70. The first kappa shape index (κ1) is 16.3. The van der Waals surface area contributed by atoms with E-state index in [-0.39, 0.29) is 5.82 Å². The number of hydrogen-bond donors (Lipinski definition) is 0. The number of hydrogen-bond acceptors (Lipinski definition) is 5. The van der Waals surface area contributed by atoms with Crippen LogP contribution in [0.2, 0.25) is 0 Å². The Morgan fingerprint density at radius 1 is 1.04 bits per heavy atom. The molecule has 27 heavy (non-hydrogen) atoms. The lowest BCUT2D eigenvalue weighted by atomic mass is 10.0. The van der Waals surface area contributed by atoms with Crippen LogP contribution >= 0.6 is 0 Å². The lowest BCUT2D eigenvalue weighted by Crippen LogP contribution is -2.29. The highest BCUT2D eigenvalue weighted by Gasteiger charge is 2.26. The fraction of sp³-hybridized carbons (Fsp3) is 0.286. The summed E-state index contributed by atoms with van der Waals surface area (Å²) in [4.78, 5) is 2.31. The maximum Gasteiger partial charge on any atom is 0.161 e. The lowest BCUT2D eigenvalue weighted by Gasteiger charge is -2.27. The molecule has 5 nitrogen and oxygen atoms in total. The van der Waals surface area contributed by atoms with Gasteiger partial charge in [-0.25, -0.2) is 4.39 Å². The zero-order valence-corrected chi connectivity index (χ0v) is 14.8. The van der Waals surface area contributed by atoms with Crippen molar-refractivity contribution in [2.24, 2.45) is 0 Å². The van der Waals surface area contributed by atoms with Gasteiger partial charge < -0.3 is 14.0 Å². The maximum atomic E-state index is 14.2. The van der Waals surface area contributed by atoms with Gasteiger partial charge in [0, 0.05) is 37.2 Å². The first-order chi connectivity index (χ1) is 13.3. The number of nitrogens with zero attached hydrogens (tertiary/aromatic N) is 2. The van der Waals surface area contributed by atoms with Crippen LogP contribution in [0.4, 0.5) is 4.39 Å². The second-order valence-corrected chi connectivity index (χ2v) is 6.85. The molecule has 0 N–H and O–H groups in total. The molecule has 138 valence electrons. The van der Waals surface area contributed by atoms with Crippen LogP contribution in [0.1, 0.15) is 16.9 Å². The van der Waals surface area contributed by atoms with E-state index in [4.69, 9.17) is 14.0 Å². The average molecular weight is 366 g/mol. The second-order valence-electron chi connectivity index (χ2n) is 6.85. The first-order valence-corrected chi connectivity index (χ1v) is 9.11. The Kier molecular flexibility index (Phi) is 4.05. The van der Waals surface area contributed by atoms with Crippen LogP contribution in [0, 0.1) is 5.82 Å². The fourth-order valence-electron chi connectivity index (χ4n) is 3.71. The maximum absolute atomic E-state index is 14.2. The summed E-state index contributed by atoms with van der Waals surface area (Å²) in [5.41, 5.74) is 3.23. The molecule has 1 aromatic heterocycles. The van der Waals surface area contributed by atoms with Crippen LogP contribution in [0.5, 0.6) is 11.5 Å². The van der Waals surface area contributed by atoms with Gasteiger partial charge >= 0.3 is 0 Å². The van der Waals surface area contributed by atoms with Gasteiger partial charge in [0.05, 0.1) is 0 Å². The molecule has 0 atom stereocenters. The molecule has 0 aliphatic carbocycles. The van der Waals surface area contributed by atoms with Crippen molar-refractivity contribution in [1.29, 1.82) is 0 Å². The lowest BCUT2D eigenvalue weighted by molar-refractivity contribution is 0.170. The summed E-state index contributed by atoms with van der Waals surface area (Å²) in [6, 6.07) is 12.8. The summed E-state index contributed by atoms with van der Waals surface area (Å²) in [6.07, 6.45) is 0.765. The van der Waals surface area contributed by atoms with Gasteiger partial charge in [-0.3, -0.25) is 4.90 Å². The van der Waals surface area contributed by atoms with Crippen LogP contribution in [0.15, 0.2) is 47.0 Å². The number of halogens is 1. The molecule has 6 heteroatoms. The highest BCUT2D eigenvalue weighted by atomic mass is 19.1. The van der Waals surface area contributed by atoms with Gasteiger partial charge in [0.2, 0.25) is 0 Å². The quantitative estimate of drug-likeness (QED) is 0.705. The molecule has 0 unspecified atom stereocenters. The topological polar surface area (TPSA) is 47.7 Å². The van der Waals surface area contributed by atoms with Crippen LogP contribution in [0.25, 0.3) is 11.3 Å². The van der Waals surface area contributed by atoms with Crippen molar-refractivity contribution >= 4 is 0 Å². The monoisotopic (exact) mass is 366 g/mol. The van der Waals surface area contributed by atoms with E-state index in [2.05, 4.69) is 16.1 Å². The molecule has 2 aromatic carbocycles. The molecular formula is C21H19FN2O3. The number of fused-ring (bicyclic) bond motifs is 2. The van der Waals surface area contributed by atoms with Crippen LogP contribution in [-0.2, 0) is 19.5 Å². The van der Waals surface area contributed by atoms with Crippen LogP contribution in [0.3, 0.4) is 0 Å². The van der Waals surface area contributed by atoms with Crippen molar-refractivity contribution in [3.8, 4) is 22.8 Å². The van der Waals surface area contributed by atoms with Crippen molar-refractivity contribution < 1.29 is 18.4 Å². The van der Waals surface area contributed by atoms with E-state index in [9.17, 15) is 4.39 Å².